The molecule has 19 heavy (non-hydrogen) atoms. The molecule has 100 valence electrons. The van der Waals surface area contributed by atoms with Crippen LogP contribution in [0.15, 0.2) is 36.5 Å². The van der Waals surface area contributed by atoms with Gasteiger partial charge < -0.3 is 10.1 Å². The first-order valence-corrected chi connectivity index (χ1v) is 7.11. The van der Waals surface area contributed by atoms with Crippen LogP contribution in [0, 0.1) is 5.92 Å². The first kappa shape index (κ1) is 12.4. The van der Waals surface area contributed by atoms with Gasteiger partial charge in [0.1, 0.15) is 0 Å². The molecule has 0 radical (unpaired) electrons. The molecule has 2 aromatic rings. The van der Waals surface area contributed by atoms with Gasteiger partial charge >= 0.3 is 0 Å². The second kappa shape index (κ2) is 6.02. The summed E-state index contributed by atoms with van der Waals surface area (Å²) in [6.45, 7) is 3.06. The van der Waals surface area contributed by atoms with Gasteiger partial charge in [0.15, 0.2) is 0 Å². The molecule has 3 nitrogen and oxygen atoms in total. The van der Waals surface area contributed by atoms with Crippen LogP contribution in [0.2, 0.25) is 0 Å². The van der Waals surface area contributed by atoms with Gasteiger partial charge in [-0.1, -0.05) is 18.2 Å². The minimum Gasteiger partial charge on any atom is -0.477 e. The van der Waals surface area contributed by atoms with Gasteiger partial charge in [-0.25, -0.2) is 4.98 Å². The van der Waals surface area contributed by atoms with Crippen molar-refractivity contribution in [3.63, 3.8) is 0 Å². The van der Waals surface area contributed by atoms with E-state index in [0.717, 1.165) is 36.8 Å². The second-order valence-electron chi connectivity index (χ2n) is 5.19. The van der Waals surface area contributed by atoms with E-state index in [0.29, 0.717) is 0 Å². The zero-order valence-corrected chi connectivity index (χ0v) is 11.1. The second-order valence-corrected chi connectivity index (χ2v) is 5.19. The first-order valence-electron chi connectivity index (χ1n) is 7.11. The third-order valence-electron chi connectivity index (χ3n) is 3.80. The quantitative estimate of drug-likeness (QED) is 0.913. The van der Waals surface area contributed by atoms with E-state index in [1.807, 2.05) is 24.4 Å². The minimum absolute atomic E-state index is 0.753. The molecule has 1 fully saturated rings. The number of piperidine rings is 1. The first-order chi connectivity index (χ1) is 9.43. The molecule has 0 amide bonds. The topological polar surface area (TPSA) is 34.1 Å². The van der Waals surface area contributed by atoms with Crippen LogP contribution in [0.3, 0.4) is 0 Å². The van der Waals surface area contributed by atoms with E-state index in [1.165, 1.54) is 24.8 Å². The summed E-state index contributed by atoms with van der Waals surface area (Å²) in [6, 6.07) is 10.3. The lowest BCUT2D eigenvalue weighted by Gasteiger charge is -2.22. The maximum Gasteiger partial charge on any atom is 0.221 e. The number of nitrogens with zero attached hydrogens (tertiary/aromatic N) is 1. The molecule has 1 aliphatic heterocycles. The average Bonchev–Trinajstić information content (AvgIpc) is 2.49. The lowest BCUT2D eigenvalue weighted by atomic mass is 9.97. The van der Waals surface area contributed by atoms with E-state index in [-0.39, 0.29) is 0 Å². The van der Waals surface area contributed by atoms with Crippen molar-refractivity contribution in [2.75, 3.05) is 19.7 Å². The van der Waals surface area contributed by atoms with Crippen molar-refractivity contribution in [1.29, 1.82) is 0 Å². The van der Waals surface area contributed by atoms with Gasteiger partial charge in [-0.3, -0.25) is 0 Å². The number of benzene rings is 1. The molecule has 0 aliphatic carbocycles. The van der Waals surface area contributed by atoms with Gasteiger partial charge in [-0.2, -0.15) is 0 Å². The number of ether oxygens (including phenoxy) is 1. The van der Waals surface area contributed by atoms with Gasteiger partial charge in [0.05, 0.1) is 6.61 Å². The summed E-state index contributed by atoms with van der Waals surface area (Å²) in [5.74, 6) is 1.52. The summed E-state index contributed by atoms with van der Waals surface area (Å²) < 4.78 is 5.88. The van der Waals surface area contributed by atoms with Gasteiger partial charge in [-0.05, 0) is 55.8 Å². The Bertz CT molecular complexity index is 530. The normalized spacial score (nSPS) is 19.5. The van der Waals surface area contributed by atoms with Gasteiger partial charge in [0.2, 0.25) is 5.88 Å². The summed E-state index contributed by atoms with van der Waals surface area (Å²) >= 11 is 0. The SMILES string of the molecule is c1ccc2c(OCCC3CCCNC3)nccc2c1. The van der Waals surface area contributed by atoms with Crippen LogP contribution in [-0.2, 0) is 0 Å². The van der Waals surface area contributed by atoms with Crippen LogP contribution in [0.1, 0.15) is 19.3 Å². The third kappa shape index (κ3) is 3.04. The monoisotopic (exact) mass is 256 g/mol. The Balaban J connectivity index is 1.62. The summed E-state index contributed by atoms with van der Waals surface area (Å²) in [4.78, 5) is 4.35. The van der Waals surface area contributed by atoms with Crippen molar-refractivity contribution in [3.8, 4) is 5.88 Å². The third-order valence-corrected chi connectivity index (χ3v) is 3.80. The Labute approximate surface area is 114 Å². The Morgan fingerprint density at radius 3 is 3.11 bits per heavy atom. The Morgan fingerprint density at radius 2 is 2.21 bits per heavy atom. The number of nitrogens with one attached hydrogen (secondary N) is 1. The lowest BCUT2D eigenvalue weighted by molar-refractivity contribution is 0.250. The summed E-state index contributed by atoms with van der Waals surface area (Å²) in [6.07, 6.45) is 5.54. The fourth-order valence-corrected chi connectivity index (χ4v) is 2.70. The molecule has 1 aromatic heterocycles. The van der Waals surface area contributed by atoms with E-state index in [4.69, 9.17) is 4.74 Å². The zero-order valence-electron chi connectivity index (χ0n) is 11.1. The molecule has 1 N–H and O–H groups in total. The average molecular weight is 256 g/mol. The summed E-state index contributed by atoms with van der Waals surface area (Å²) in [5, 5.41) is 5.73. The fourth-order valence-electron chi connectivity index (χ4n) is 2.70. The predicted octanol–water partition coefficient (Wildman–Crippen LogP) is 3.00. The van der Waals surface area contributed by atoms with E-state index in [2.05, 4.69) is 22.4 Å². The van der Waals surface area contributed by atoms with Crippen LogP contribution in [-0.4, -0.2) is 24.7 Å². The molecule has 3 rings (SSSR count). The number of pyridine rings is 1. The molecule has 0 saturated carbocycles. The molecule has 2 heterocycles. The standard InChI is InChI=1S/C16H20N2O/c1-2-6-15-14(5-1)7-10-18-16(15)19-11-8-13-4-3-9-17-12-13/h1-2,5-7,10,13,17H,3-4,8-9,11-12H2. The van der Waals surface area contributed by atoms with E-state index >= 15 is 0 Å². The number of rotatable bonds is 4. The molecule has 1 aromatic carbocycles. The van der Waals surface area contributed by atoms with Crippen molar-refractivity contribution >= 4 is 10.8 Å². The molecule has 1 saturated heterocycles. The van der Waals surface area contributed by atoms with Gasteiger partial charge in [-0.15, -0.1) is 0 Å². The molecule has 0 bridgehead atoms. The van der Waals surface area contributed by atoms with Crippen LogP contribution >= 0.6 is 0 Å². The Morgan fingerprint density at radius 1 is 1.26 bits per heavy atom. The predicted molar refractivity (Wildman–Crippen MR) is 77.4 cm³/mol. The molecule has 1 unspecified atom stereocenters. The van der Waals surface area contributed by atoms with Crippen LogP contribution < -0.4 is 10.1 Å². The molecule has 3 heteroatoms. The van der Waals surface area contributed by atoms with Crippen molar-refractivity contribution in [2.24, 2.45) is 5.92 Å². The van der Waals surface area contributed by atoms with E-state index in [9.17, 15) is 0 Å². The van der Waals surface area contributed by atoms with Gasteiger partial charge in [0.25, 0.3) is 0 Å². The lowest BCUT2D eigenvalue weighted by Crippen LogP contribution is -2.30. The molecular formula is C16H20N2O. The summed E-state index contributed by atoms with van der Waals surface area (Å²) in [5.41, 5.74) is 0. The van der Waals surface area contributed by atoms with Crippen molar-refractivity contribution in [1.82, 2.24) is 10.3 Å². The maximum absolute atomic E-state index is 5.88. The van der Waals surface area contributed by atoms with Crippen molar-refractivity contribution in [2.45, 2.75) is 19.3 Å². The minimum atomic E-state index is 0.753. The Hall–Kier alpha value is -1.61. The van der Waals surface area contributed by atoms with Gasteiger partial charge in [0, 0.05) is 11.6 Å². The maximum atomic E-state index is 5.88. The van der Waals surface area contributed by atoms with Crippen LogP contribution in [0.5, 0.6) is 5.88 Å². The molecule has 1 aliphatic rings. The highest BCUT2D eigenvalue weighted by Gasteiger charge is 2.13. The highest BCUT2D eigenvalue weighted by Crippen LogP contribution is 2.23. The smallest absolute Gasteiger partial charge is 0.221 e. The largest absolute Gasteiger partial charge is 0.477 e. The number of aromatic nitrogens is 1. The highest BCUT2D eigenvalue weighted by atomic mass is 16.5. The molecule has 1 atom stereocenters. The summed E-state index contributed by atoms with van der Waals surface area (Å²) in [7, 11) is 0. The molecular weight excluding hydrogens is 236 g/mol. The van der Waals surface area contributed by atoms with Crippen molar-refractivity contribution < 1.29 is 4.74 Å². The van der Waals surface area contributed by atoms with E-state index < -0.39 is 0 Å². The highest BCUT2D eigenvalue weighted by molar-refractivity contribution is 5.86. The van der Waals surface area contributed by atoms with Crippen LogP contribution in [0.25, 0.3) is 10.8 Å². The zero-order chi connectivity index (χ0) is 12.9. The van der Waals surface area contributed by atoms with E-state index in [1.54, 1.807) is 0 Å². The van der Waals surface area contributed by atoms with Crippen LogP contribution in [0.4, 0.5) is 0 Å². The number of fused-ring (bicyclic) bond motifs is 1. The Kier molecular flexibility index (Phi) is 3.94. The van der Waals surface area contributed by atoms with Crippen molar-refractivity contribution in [3.05, 3.63) is 36.5 Å². The number of hydrogen-bond acceptors (Lipinski definition) is 3. The molecule has 0 spiro atoms. The number of hydrogen-bond donors (Lipinski definition) is 1. The fraction of sp³-hybridized carbons (Fsp3) is 0.438.